The van der Waals surface area contributed by atoms with Crippen LogP contribution in [0.3, 0.4) is 0 Å². The van der Waals surface area contributed by atoms with Gasteiger partial charge in [0, 0.05) is 23.3 Å². The van der Waals surface area contributed by atoms with Crippen LogP contribution in [0.1, 0.15) is 17.0 Å². The lowest BCUT2D eigenvalue weighted by Gasteiger charge is -2.27. The summed E-state index contributed by atoms with van der Waals surface area (Å²) in [6.07, 6.45) is 0. The van der Waals surface area contributed by atoms with Crippen molar-refractivity contribution >= 4 is 38.3 Å². The molecule has 1 amide bonds. The van der Waals surface area contributed by atoms with E-state index in [1.807, 2.05) is 48.5 Å². The minimum Gasteiger partial charge on any atom is -0.457 e. The molecule has 0 fully saturated rings. The number of amides is 1. The van der Waals surface area contributed by atoms with Gasteiger partial charge in [-0.15, -0.1) is 0 Å². The Balaban J connectivity index is 1.51. The third-order valence-corrected chi connectivity index (χ3v) is 5.71. The molecule has 0 radical (unpaired) electrons. The average Bonchev–Trinajstić information content (AvgIpc) is 3.13. The Bertz CT molecular complexity index is 1240. The molecule has 1 aromatic heterocycles. The van der Waals surface area contributed by atoms with Gasteiger partial charge in [0.1, 0.15) is 11.5 Å². The fourth-order valence-electron chi connectivity index (χ4n) is 3.45. The third kappa shape index (κ3) is 2.99. The lowest BCUT2D eigenvalue weighted by molar-refractivity contribution is -0.384. The summed E-state index contributed by atoms with van der Waals surface area (Å²) in [7, 11) is 0. The largest absolute Gasteiger partial charge is 0.457 e. The Morgan fingerprint density at radius 2 is 1.69 bits per heavy atom. The van der Waals surface area contributed by atoms with Gasteiger partial charge in [0.15, 0.2) is 5.13 Å². The number of ether oxygens (including phenoxy) is 1. The molecule has 0 spiro atoms. The number of anilines is 1. The van der Waals surface area contributed by atoms with Gasteiger partial charge in [-0.2, -0.15) is 0 Å². The normalized spacial score (nSPS) is 12.7. The number of para-hydroxylation sites is 2. The van der Waals surface area contributed by atoms with Crippen LogP contribution in [-0.4, -0.2) is 15.8 Å². The monoisotopic (exact) mass is 403 g/mol. The van der Waals surface area contributed by atoms with Gasteiger partial charge in [0.25, 0.3) is 5.69 Å². The number of rotatable bonds is 3. The van der Waals surface area contributed by atoms with E-state index in [-0.39, 0.29) is 11.6 Å². The number of nitrogens with zero attached hydrogens (tertiary/aromatic N) is 2. The van der Waals surface area contributed by atoms with E-state index < -0.39 is 10.8 Å². The summed E-state index contributed by atoms with van der Waals surface area (Å²) in [4.78, 5) is 28.1. The second-order valence-electron chi connectivity index (χ2n) is 6.53. The van der Waals surface area contributed by atoms with E-state index in [2.05, 4.69) is 10.3 Å². The molecule has 7 nitrogen and oxygen atoms in total. The number of nitro benzene ring substituents is 1. The highest BCUT2D eigenvalue weighted by Crippen LogP contribution is 2.44. The van der Waals surface area contributed by atoms with E-state index in [1.165, 1.54) is 23.5 Å². The van der Waals surface area contributed by atoms with Gasteiger partial charge < -0.3 is 10.1 Å². The zero-order valence-corrected chi connectivity index (χ0v) is 15.7. The fraction of sp³-hybridized carbons (Fsp3) is 0.0476. The van der Waals surface area contributed by atoms with Crippen LogP contribution in [-0.2, 0) is 4.79 Å². The minimum absolute atomic E-state index is 0.0343. The van der Waals surface area contributed by atoms with Crippen LogP contribution >= 0.6 is 11.3 Å². The maximum absolute atomic E-state index is 13.2. The first-order valence-corrected chi connectivity index (χ1v) is 9.63. The third-order valence-electron chi connectivity index (χ3n) is 4.75. The standard InChI is InChI=1S/C21H13N3O4S/c25-20(23-21-22-15-11-12(24(26)27)9-10-18(15)29-21)19-13-5-1-3-7-16(13)28-17-8-4-2-6-14(17)19/h1-11,19H,(H,22,23,25). The Morgan fingerprint density at radius 1 is 1.03 bits per heavy atom. The van der Waals surface area contributed by atoms with Gasteiger partial charge in [-0.3, -0.25) is 14.9 Å². The molecular formula is C21H13N3O4S. The smallest absolute Gasteiger partial charge is 0.271 e. The molecule has 142 valence electrons. The van der Waals surface area contributed by atoms with Crippen LogP contribution in [0.2, 0.25) is 0 Å². The second kappa shape index (κ2) is 6.68. The Labute approximate surface area is 168 Å². The fourth-order valence-corrected chi connectivity index (χ4v) is 4.30. The first-order chi connectivity index (χ1) is 14.1. The predicted molar refractivity (Wildman–Crippen MR) is 110 cm³/mol. The number of thiazole rings is 1. The Hall–Kier alpha value is -3.78. The molecular weight excluding hydrogens is 390 g/mol. The maximum atomic E-state index is 13.2. The molecule has 0 atom stereocenters. The van der Waals surface area contributed by atoms with Gasteiger partial charge in [-0.1, -0.05) is 47.7 Å². The van der Waals surface area contributed by atoms with Crippen molar-refractivity contribution in [1.82, 2.24) is 4.98 Å². The van der Waals surface area contributed by atoms with Crippen molar-refractivity contribution in [1.29, 1.82) is 0 Å². The molecule has 3 aromatic carbocycles. The molecule has 8 heteroatoms. The first kappa shape index (κ1) is 17.3. The molecule has 0 saturated heterocycles. The number of carbonyl (C=O) groups excluding carboxylic acids is 1. The quantitative estimate of drug-likeness (QED) is 0.380. The number of carbonyl (C=O) groups is 1. The Morgan fingerprint density at radius 3 is 2.34 bits per heavy atom. The van der Waals surface area contributed by atoms with Gasteiger partial charge in [-0.05, 0) is 18.2 Å². The lowest BCUT2D eigenvalue weighted by Crippen LogP contribution is -2.24. The van der Waals surface area contributed by atoms with Gasteiger partial charge in [0.05, 0.1) is 21.1 Å². The molecule has 2 heterocycles. The van der Waals surface area contributed by atoms with Gasteiger partial charge >= 0.3 is 0 Å². The summed E-state index contributed by atoms with van der Waals surface area (Å²) >= 11 is 1.28. The van der Waals surface area contributed by atoms with Crippen molar-refractivity contribution in [3.8, 4) is 11.5 Å². The average molecular weight is 403 g/mol. The topological polar surface area (TPSA) is 94.4 Å². The predicted octanol–water partition coefficient (Wildman–Crippen LogP) is 5.08. The summed E-state index contributed by atoms with van der Waals surface area (Å²) in [6.45, 7) is 0. The van der Waals surface area contributed by atoms with E-state index in [9.17, 15) is 14.9 Å². The highest BCUT2D eigenvalue weighted by molar-refractivity contribution is 7.22. The number of nitro groups is 1. The summed E-state index contributed by atoms with van der Waals surface area (Å²) in [5.41, 5.74) is 2.00. The molecule has 29 heavy (non-hydrogen) atoms. The van der Waals surface area contributed by atoms with E-state index in [0.717, 1.165) is 15.8 Å². The van der Waals surface area contributed by atoms with Crippen LogP contribution in [0, 0.1) is 10.1 Å². The van der Waals surface area contributed by atoms with Crippen LogP contribution < -0.4 is 10.1 Å². The molecule has 5 rings (SSSR count). The number of fused-ring (bicyclic) bond motifs is 3. The van der Waals surface area contributed by atoms with Crippen molar-refractivity contribution < 1.29 is 14.5 Å². The molecule has 0 saturated carbocycles. The zero-order chi connectivity index (χ0) is 20.0. The lowest BCUT2D eigenvalue weighted by atomic mass is 9.87. The SMILES string of the molecule is O=C(Nc1nc2cc([N+](=O)[O-])ccc2s1)C1c2ccccc2Oc2ccccc21. The Kier molecular flexibility index (Phi) is 3.99. The molecule has 1 aliphatic heterocycles. The molecule has 0 aliphatic carbocycles. The summed E-state index contributed by atoms with van der Waals surface area (Å²) in [6, 6.07) is 19.3. The van der Waals surface area contributed by atoms with Gasteiger partial charge in [-0.25, -0.2) is 4.98 Å². The van der Waals surface area contributed by atoms with Crippen molar-refractivity contribution in [2.75, 3.05) is 5.32 Å². The molecule has 4 aromatic rings. The van der Waals surface area contributed by atoms with E-state index in [1.54, 1.807) is 6.07 Å². The molecule has 0 bridgehead atoms. The summed E-state index contributed by atoms with van der Waals surface area (Å²) in [5.74, 6) is 0.511. The van der Waals surface area contributed by atoms with Crippen LogP contribution in [0.25, 0.3) is 10.2 Å². The second-order valence-corrected chi connectivity index (χ2v) is 7.56. The van der Waals surface area contributed by atoms with Crippen LogP contribution in [0.15, 0.2) is 66.7 Å². The summed E-state index contributed by atoms with van der Waals surface area (Å²) in [5, 5.41) is 14.2. The van der Waals surface area contributed by atoms with Crippen molar-refractivity contribution in [2.24, 2.45) is 0 Å². The zero-order valence-electron chi connectivity index (χ0n) is 14.9. The van der Waals surface area contributed by atoms with E-state index >= 15 is 0 Å². The van der Waals surface area contributed by atoms with E-state index in [0.29, 0.717) is 22.1 Å². The summed E-state index contributed by atoms with van der Waals surface area (Å²) < 4.78 is 6.70. The molecule has 1 aliphatic rings. The van der Waals surface area contributed by atoms with Crippen LogP contribution in [0.4, 0.5) is 10.8 Å². The van der Waals surface area contributed by atoms with Gasteiger partial charge in [0.2, 0.25) is 5.91 Å². The van der Waals surface area contributed by atoms with Crippen molar-refractivity contribution in [3.63, 3.8) is 0 Å². The van der Waals surface area contributed by atoms with Crippen molar-refractivity contribution in [3.05, 3.63) is 88.0 Å². The molecule has 1 N–H and O–H groups in total. The number of hydrogen-bond donors (Lipinski definition) is 1. The number of nitrogens with one attached hydrogen (secondary N) is 1. The van der Waals surface area contributed by atoms with E-state index in [4.69, 9.17) is 4.74 Å². The number of non-ortho nitro benzene ring substituents is 1. The van der Waals surface area contributed by atoms with Crippen LogP contribution in [0.5, 0.6) is 11.5 Å². The van der Waals surface area contributed by atoms with Crippen molar-refractivity contribution in [2.45, 2.75) is 5.92 Å². The molecule has 0 unspecified atom stereocenters. The highest BCUT2D eigenvalue weighted by Gasteiger charge is 2.32. The number of hydrogen-bond acceptors (Lipinski definition) is 6. The first-order valence-electron chi connectivity index (χ1n) is 8.82. The minimum atomic E-state index is -0.544. The highest BCUT2D eigenvalue weighted by atomic mass is 32.1. The number of benzene rings is 3. The maximum Gasteiger partial charge on any atom is 0.271 e. The number of aromatic nitrogens is 1.